The van der Waals surface area contributed by atoms with Crippen LogP contribution in [0.1, 0.15) is 35.6 Å². The molecule has 1 aliphatic heterocycles. The van der Waals surface area contributed by atoms with Crippen molar-refractivity contribution in [3.05, 3.63) is 119 Å². The van der Waals surface area contributed by atoms with Gasteiger partial charge in [0.05, 0.1) is 17.5 Å². The molecule has 2 nitrogen and oxygen atoms in total. The Bertz CT molecular complexity index is 1200. The van der Waals surface area contributed by atoms with Crippen molar-refractivity contribution in [3.8, 4) is 11.1 Å². The van der Waals surface area contributed by atoms with Crippen LogP contribution in [0.4, 0.5) is 8.78 Å². The molecule has 168 valence electrons. The molecule has 0 N–H and O–H groups in total. The zero-order valence-corrected chi connectivity index (χ0v) is 19.2. The van der Waals surface area contributed by atoms with Gasteiger partial charge in [-0.1, -0.05) is 90.5 Å². The van der Waals surface area contributed by atoms with E-state index >= 15 is 0 Å². The number of allylic oxidation sites excluding steroid dienone is 2. The predicted molar refractivity (Wildman–Crippen MR) is 133 cm³/mol. The molecule has 3 aromatic rings. The first-order valence-corrected chi connectivity index (χ1v) is 11.1. The number of aryl methyl sites for hydroxylation is 1. The first kappa shape index (κ1) is 22.9. The van der Waals surface area contributed by atoms with Crippen LogP contribution in [0.2, 0.25) is 5.02 Å². The third kappa shape index (κ3) is 4.76. The molecule has 1 aliphatic rings. The van der Waals surface area contributed by atoms with Crippen molar-refractivity contribution in [2.24, 2.45) is 5.10 Å². The number of rotatable bonds is 7. The SMILES string of the molecule is C=CCC(F)(F)C(=C)N1N=C(c2ccccc2-c2ccc(Cl)cc2)CC1c1ccc(C)cc1. The third-order valence-electron chi connectivity index (χ3n) is 5.87. The number of benzene rings is 3. The highest BCUT2D eigenvalue weighted by Gasteiger charge is 2.41. The van der Waals surface area contributed by atoms with Gasteiger partial charge in [0, 0.05) is 23.4 Å². The second-order valence-electron chi connectivity index (χ2n) is 8.22. The first-order valence-electron chi connectivity index (χ1n) is 10.8. The van der Waals surface area contributed by atoms with E-state index in [4.69, 9.17) is 16.7 Å². The minimum atomic E-state index is -3.14. The smallest absolute Gasteiger partial charge is 0.256 e. The first-order chi connectivity index (χ1) is 15.8. The van der Waals surface area contributed by atoms with E-state index in [9.17, 15) is 8.78 Å². The molecule has 4 rings (SSSR count). The molecule has 0 amide bonds. The Hall–Kier alpha value is -3.24. The van der Waals surface area contributed by atoms with Crippen LogP contribution in [-0.4, -0.2) is 16.6 Å². The van der Waals surface area contributed by atoms with Gasteiger partial charge in [-0.15, -0.1) is 6.58 Å². The molecule has 5 heteroatoms. The van der Waals surface area contributed by atoms with Gasteiger partial charge in [-0.05, 0) is 35.7 Å². The molecular weight excluding hydrogens is 438 g/mol. The second-order valence-corrected chi connectivity index (χ2v) is 8.65. The lowest BCUT2D eigenvalue weighted by atomic mass is 9.92. The van der Waals surface area contributed by atoms with Gasteiger partial charge in [-0.2, -0.15) is 13.9 Å². The van der Waals surface area contributed by atoms with Crippen LogP contribution in [0.15, 0.2) is 103 Å². The van der Waals surface area contributed by atoms with Crippen molar-refractivity contribution in [1.29, 1.82) is 0 Å². The van der Waals surface area contributed by atoms with E-state index in [0.717, 1.165) is 33.5 Å². The molecule has 0 bridgehead atoms. The molecule has 33 heavy (non-hydrogen) atoms. The highest BCUT2D eigenvalue weighted by Crippen LogP contribution is 2.42. The molecule has 0 fully saturated rings. The minimum absolute atomic E-state index is 0.327. The monoisotopic (exact) mass is 462 g/mol. The zero-order chi connectivity index (χ0) is 23.6. The summed E-state index contributed by atoms with van der Waals surface area (Å²) in [6, 6.07) is 23.0. The van der Waals surface area contributed by atoms with Crippen molar-refractivity contribution < 1.29 is 8.78 Å². The maximum atomic E-state index is 14.8. The summed E-state index contributed by atoms with van der Waals surface area (Å²) in [5.41, 5.74) is 5.29. The van der Waals surface area contributed by atoms with Crippen LogP contribution in [-0.2, 0) is 0 Å². The molecule has 0 spiro atoms. The lowest BCUT2D eigenvalue weighted by molar-refractivity contribution is 0.00922. The summed E-state index contributed by atoms with van der Waals surface area (Å²) in [6.45, 7) is 9.21. The van der Waals surface area contributed by atoms with Crippen molar-refractivity contribution in [3.63, 3.8) is 0 Å². The van der Waals surface area contributed by atoms with E-state index in [1.54, 1.807) is 0 Å². The Morgan fingerprint density at radius 2 is 1.70 bits per heavy atom. The maximum absolute atomic E-state index is 14.8. The Labute approximate surface area is 198 Å². The van der Waals surface area contributed by atoms with Crippen molar-refractivity contribution >= 4 is 17.3 Å². The molecule has 1 heterocycles. The highest BCUT2D eigenvalue weighted by molar-refractivity contribution is 6.30. The van der Waals surface area contributed by atoms with Gasteiger partial charge in [-0.25, -0.2) is 0 Å². The quantitative estimate of drug-likeness (QED) is 0.323. The fraction of sp³-hybridized carbons (Fsp3) is 0.179. The van der Waals surface area contributed by atoms with Crippen molar-refractivity contribution in [1.82, 2.24) is 5.01 Å². The number of hydrogen-bond donors (Lipinski definition) is 0. The van der Waals surface area contributed by atoms with E-state index in [1.807, 2.05) is 79.7 Å². The second kappa shape index (κ2) is 9.32. The Kier molecular flexibility index (Phi) is 6.48. The highest BCUT2D eigenvalue weighted by atomic mass is 35.5. The Balaban J connectivity index is 1.78. The molecule has 0 aliphatic carbocycles. The largest absolute Gasteiger partial charge is 0.292 e. The van der Waals surface area contributed by atoms with Gasteiger partial charge in [0.15, 0.2) is 0 Å². The summed E-state index contributed by atoms with van der Waals surface area (Å²) >= 11 is 6.07. The van der Waals surface area contributed by atoms with E-state index in [2.05, 4.69) is 13.2 Å². The minimum Gasteiger partial charge on any atom is -0.256 e. The molecular formula is C28H25ClF2N2. The molecule has 0 saturated heterocycles. The lowest BCUT2D eigenvalue weighted by Gasteiger charge is -2.30. The molecule has 3 aromatic carbocycles. The Morgan fingerprint density at radius 1 is 1.06 bits per heavy atom. The fourth-order valence-corrected chi connectivity index (χ4v) is 4.18. The summed E-state index contributed by atoms with van der Waals surface area (Å²) < 4.78 is 29.7. The number of nitrogens with zero attached hydrogens (tertiary/aromatic N) is 2. The molecule has 0 radical (unpaired) electrons. The third-order valence-corrected chi connectivity index (χ3v) is 6.12. The summed E-state index contributed by atoms with van der Waals surface area (Å²) in [4.78, 5) is 0. The lowest BCUT2D eigenvalue weighted by Crippen LogP contribution is -2.30. The molecule has 0 aromatic heterocycles. The average molecular weight is 463 g/mol. The van der Waals surface area contributed by atoms with Crippen LogP contribution >= 0.6 is 11.6 Å². The molecule has 1 unspecified atom stereocenters. The van der Waals surface area contributed by atoms with Gasteiger partial charge in [0.25, 0.3) is 5.92 Å². The number of hydrogen-bond acceptors (Lipinski definition) is 2. The van der Waals surface area contributed by atoms with Crippen LogP contribution in [0.5, 0.6) is 0 Å². The summed E-state index contributed by atoms with van der Waals surface area (Å²) in [7, 11) is 0. The van der Waals surface area contributed by atoms with Crippen LogP contribution in [0.3, 0.4) is 0 Å². The van der Waals surface area contributed by atoms with E-state index in [0.29, 0.717) is 11.4 Å². The summed E-state index contributed by atoms with van der Waals surface area (Å²) in [6.07, 6.45) is 1.20. The van der Waals surface area contributed by atoms with Crippen molar-refractivity contribution in [2.75, 3.05) is 0 Å². The number of alkyl halides is 2. The molecule has 1 atom stereocenters. The van der Waals surface area contributed by atoms with Crippen LogP contribution in [0, 0.1) is 6.92 Å². The number of hydrazone groups is 1. The van der Waals surface area contributed by atoms with Gasteiger partial charge < -0.3 is 0 Å². The van der Waals surface area contributed by atoms with E-state index in [1.165, 1.54) is 11.1 Å². The standard InChI is InChI=1S/C28H25ClF2N2/c1-4-17-28(30,31)20(3)33-27(22-11-9-19(2)10-12-22)18-26(32-33)25-8-6-5-7-24(25)21-13-15-23(29)16-14-21/h4-16,27H,1,3,17-18H2,2H3. The van der Waals surface area contributed by atoms with E-state index < -0.39 is 12.3 Å². The fourth-order valence-electron chi connectivity index (χ4n) is 4.05. The topological polar surface area (TPSA) is 15.6 Å². The predicted octanol–water partition coefficient (Wildman–Crippen LogP) is 8.19. The maximum Gasteiger partial charge on any atom is 0.292 e. The zero-order valence-electron chi connectivity index (χ0n) is 18.4. The summed E-state index contributed by atoms with van der Waals surface area (Å²) in [5, 5.41) is 6.75. The van der Waals surface area contributed by atoms with Gasteiger partial charge >= 0.3 is 0 Å². The van der Waals surface area contributed by atoms with Gasteiger partial charge in [0.1, 0.15) is 0 Å². The molecule has 0 saturated carbocycles. The Morgan fingerprint density at radius 3 is 2.33 bits per heavy atom. The van der Waals surface area contributed by atoms with E-state index in [-0.39, 0.29) is 11.7 Å². The van der Waals surface area contributed by atoms with Gasteiger partial charge in [-0.3, -0.25) is 5.01 Å². The van der Waals surface area contributed by atoms with Gasteiger partial charge in [0.2, 0.25) is 0 Å². The summed E-state index contributed by atoms with van der Waals surface area (Å²) in [5.74, 6) is -3.14. The van der Waals surface area contributed by atoms with Crippen molar-refractivity contribution in [2.45, 2.75) is 31.7 Å². The van der Waals surface area contributed by atoms with Crippen LogP contribution in [0.25, 0.3) is 11.1 Å². The van der Waals surface area contributed by atoms with Crippen LogP contribution < -0.4 is 0 Å². The number of halogens is 3. The normalized spacial score (nSPS) is 15.9. The average Bonchev–Trinajstić information content (AvgIpc) is 3.24.